The summed E-state index contributed by atoms with van der Waals surface area (Å²) in [5, 5.41) is 9.60. The number of furan rings is 1. The number of β-amino-alcohol motifs (C(OH)–C–C–N with tert-alkyl or cyclic N) is 1. The highest BCUT2D eigenvalue weighted by atomic mass is 32.2. The zero-order valence-corrected chi connectivity index (χ0v) is 12.1. The fourth-order valence-electron chi connectivity index (χ4n) is 3.26. The van der Waals surface area contributed by atoms with Crippen molar-refractivity contribution in [1.29, 1.82) is 0 Å². The lowest BCUT2D eigenvalue weighted by Gasteiger charge is -2.29. The third-order valence-electron chi connectivity index (χ3n) is 4.21. The molecule has 0 aromatic carbocycles. The van der Waals surface area contributed by atoms with Gasteiger partial charge >= 0.3 is 0 Å². The maximum absolute atomic E-state index is 12.2. The van der Waals surface area contributed by atoms with Crippen LogP contribution in [0.3, 0.4) is 0 Å². The van der Waals surface area contributed by atoms with Gasteiger partial charge in [-0.25, -0.2) is 13.1 Å². The van der Waals surface area contributed by atoms with Gasteiger partial charge in [-0.15, -0.1) is 0 Å². The van der Waals surface area contributed by atoms with Crippen molar-refractivity contribution in [2.45, 2.75) is 49.0 Å². The minimum atomic E-state index is -3.58. The van der Waals surface area contributed by atoms with Gasteiger partial charge in [0.15, 0.2) is 0 Å². The van der Waals surface area contributed by atoms with E-state index in [1.54, 1.807) is 6.07 Å². The van der Waals surface area contributed by atoms with Crippen molar-refractivity contribution in [3.63, 3.8) is 0 Å². The largest absolute Gasteiger partial charge is 0.452 e. The van der Waals surface area contributed by atoms with Crippen molar-refractivity contribution < 1.29 is 17.9 Å². The van der Waals surface area contributed by atoms with Gasteiger partial charge in [0, 0.05) is 25.2 Å². The highest BCUT2D eigenvalue weighted by molar-refractivity contribution is 7.89. The van der Waals surface area contributed by atoms with E-state index in [0.29, 0.717) is 6.54 Å². The molecule has 1 aromatic rings. The topological polar surface area (TPSA) is 82.8 Å². The van der Waals surface area contributed by atoms with E-state index in [9.17, 15) is 13.5 Å². The van der Waals surface area contributed by atoms with Gasteiger partial charge in [0.2, 0.25) is 5.09 Å². The fourth-order valence-corrected chi connectivity index (χ4v) is 4.49. The number of aliphatic hydroxyl groups is 1. The summed E-state index contributed by atoms with van der Waals surface area (Å²) in [7, 11) is -3.58. The van der Waals surface area contributed by atoms with E-state index in [-0.39, 0.29) is 23.3 Å². The first kappa shape index (κ1) is 14.1. The molecule has 20 heavy (non-hydrogen) atoms. The Labute approximate surface area is 118 Å². The van der Waals surface area contributed by atoms with Crippen molar-refractivity contribution in [1.82, 2.24) is 9.62 Å². The van der Waals surface area contributed by atoms with E-state index in [1.165, 1.54) is 12.3 Å². The highest BCUT2D eigenvalue weighted by Gasteiger charge is 2.38. The third kappa shape index (κ3) is 2.76. The predicted molar refractivity (Wildman–Crippen MR) is 72.7 cm³/mol. The molecule has 1 unspecified atom stereocenters. The van der Waals surface area contributed by atoms with Gasteiger partial charge in [-0.3, -0.25) is 4.90 Å². The standard InChI is InChI=1S/C13H20N2O4S/c16-10-6-7-15(9-10)12-4-1-3-11(12)14-20(17,18)13-5-2-8-19-13/h2,5,8,10-12,14,16H,1,3-4,6-7,9H2/t10?,11-,12+/m1/s1. The zero-order valence-electron chi connectivity index (χ0n) is 11.2. The Morgan fingerprint density at radius 1 is 1.35 bits per heavy atom. The molecule has 3 rings (SSSR count). The van der Waals surface area contributed by atoms with Crippen LogP contribution in [0, 0.1) is 0 Å². The molecule has 1 aliphatic heterocycles. The molecule has 7 heteroatoms. The van der Waals surface area contributed by atoms with Crippen molar-refractivity contribution in [2.24, 2.45) is 0 Å². The smallest absolute Gasteiger partial charge is 0.274 e. The first-order valence-electron chi connectivity index (χ1n) is 7.04. The summed E-state index contributed by atoms with van der Waals surface area (Å²) in [5.74, 6) is 0. The molecule has 1 saturated carbocycles. The summed E-state index contributed by atoms with van der Waals surface area (Å²) < 4.78 is 32.1. The first-order chi connectivity index (χ1) is 9.56. The predicted octanol–water partition coefficient (Wildman–Crippen LogP) is 0.546. The second-order valence-corrected chi connectivity index (χ2v) is 7.24. The van der Waals surface area contributed by atoms with Crippen LogP contribution in [0.5, 0.6) is 0 Å². The Balaban J connectivity index is 1.70. The van der Waals surface area contributed by atoms with Crippen molar-refractivity contribution in [3.8, 4) is 0 Å². The maximum Gasteiger partial charge on any atom is 0.274 e. The Hall–Kier alpha value is -0.890. The molecule has 2 aliphatic rings. The van der Waals surface area contributed by atoms with Gasteiger partial charge < -0.3 is 9.52 Å². The first-order valence-corrected chi connectivity index (χ1v) is 8.52. The van der Waals surface area contributed by atoms with Crippen LogP contribution < -0.4 is 4.72 Å². The molecule has 1 saturated heterocycles. The summed E-state index contributed by atoms with van der Waals surface area (Å²) in [5.41, 5.74) is 0. The Morgan fingerprint density at radius 3 is 2.85 bits per heavy atom. The van der Waals surface area contributed by atoms with Crippen LogP contribution in [0.25, 0.3) is 0 Å². The Kier molecular flexibility index (Phi) is 3.85. The number of nitrogens with one attached hydrogen (secondary N) is 1. The minimum Gasteiger partial charge on any atom is -0.452 e. The molecule has 0 radical (unpaired) electrons. The SMILES string of the molecule is O=S(=O)(N[C@@H]1CCC[C@@H]1N1CCC(O)C1)c1ccco1. The fraction of sp³-hybridized carbons (Fsp3) is 0.692. The van der Waals surface area contributed by atoms with E-state index in [0.717, 1.165) is 32.2 Å². The van der Waals surface area contributed by atoms with Crippen molar-refractivity contribution in [2.75, 3.05) is 13.1 Å². The number of aliphatic hydroxyl groups excluding tert-OH is 1. The summed E-state index contributed by atoms with van der Waals surface area (Å²) >= 11 is 0. The van der Waals surface area contributed by atoms with E-state index >= 15 is 0 Å². The average Bonchev–Trinajstić information content (AvgIpc) is 3.07. The summed E-state index contributed by atoms with van der Waals surface area (Å²) in [4.78, 5) is 2.20. The normalized spacial score (nSPS) is 31.9. The van der Waals surface area contributed by atoms with Crippen LogP contribution >= 0.6 is 0 Å². The summed E-state index contributed by atoms with van der Waals surface area (Å²) in [6.45, 7) is 1.48. The molecule has 3 atom stereocenters. The number of rotatable bonds is 4. The lowest BCUT2D eigenvalue weighted by molar-refractivity contribution is 0.153. The molecular formula is C13H20N2O4S. The van der Waals surface area contributed by atoms with Gasteiger partial charge in [-0.05, 0) is 31.4 Å². The molecule has 0 amide bonds. The van der Waals surface area contributed by atoms with Gasteiger partial charge in [0.25, 0.3) is 10.0 Å². The van der Waals surface area contributed by atoms with Crippen LogP contribution in [0.4, 0.5) is 0 Å². The van der Waals surface area contributed by atoms with Gasteiger partial charge in [0.05, 0.1) is 12.4 Å². The van der Waals surface area contributed by atoms with Crippen LogP contribution in [0.1, 0.15) is 25.7 Å². The highest BCUT2D eigenvalue weighted by Crippen LogP contribution is 2.28. The Bertz CT molecular complexity index is 543. The lowest BCUT2D eigenvalue weighted by atomic mass is 10.1. The second kappa shape index (κ2) is 5.48. The van der Waals surface area contributed by atoms with E-state index < -0.39 is 10.0 Å². The maximum atomic E-state index is 12.2. The van der Waals surface area contributed by atoms with E-state index in [1.807, 2.05) is 0 Å². The van der Waals surface area contributed by atoms with Crippen LogP contribution in [0.15, 0.2) is 27.9 Å². The summed E-state index contributed by atoms with van der Waals surface area (Å²) in [6, 6.07) is 3.09. The van der Waals surface area contributed by atoms with Gasteiger partial charge in [-0.2, -0.15) is 0 Å². The van der Waals surface area contributed by atoms with Crippen LogP contribution in [-0.4, -0.2) is 49.7 Å². The molecular weight excluding hydrogens is 280 g/mol. The van der Waals surface area contributed by atoms with Crippen molar-refractivity contribution >= 4 is 10.0 Å². The van der Waals surface area contributed by atoms with Gasteiger partial charge in [0.1, 0.15) is 0 Å². The molecule has 1 aromatic heterocycles. The minimum absolute atomic E-state index is 0.0374. The number of sulfonamides is 1. The van der Waals surface area contributed by atoms with E-state index in [2.05, 4.69) is 9.62 Å². The molecule has 6 nitrogen and oxygen atoms in total. The molecule has 2 heterocycles. The zero-order chi connectivity index (χ0) is 14.2. The molecule has 0 spiro atoms. The molecule has 2 fully saturated rings. The van der Waals surface area contributed by atoms with Crippen molar-refractivity contribution in [3.05, 3.63) is 18.4 Å². The van der Waals surface area contributed by atoms with E-state index in [4.69, 9.17) is 4.42 Å². The quantitative estimate of drug-likeness (QED) is 0.848. The summed E-state index contributed by atoms with van der Waals surface area (Å²) in [6.07, 6.45) is 4.65. The molecule has 112 valence electrons. The number of hydrogen-bond acceptors (Lipinski definition) is 5. The molecule has 0 bridgehead atoms. The number of nitrogens with zero attached hydrogens (tertiary/aromatic N) is 1. The van der Waals surface area contributed by atoms with Crippen LogP contribution in [0.2, 0.25) is 0 Å². The lowest BCUT2D eigenvalue weighted by Crippen LogP contribution is -2.48. The van der Waals surface area contributed by atoms with Gasteiger partial charge in [-0.1, -0.05) is 6.42 Å². The Morgan fingerprint density at radius 2 is 2.20 bits per heavy atom. The number of hydrogen-bond donors (Lipinski definition) is 2. The van der Waals surface area contributed by atoms with Crippen LogP contribution in [-0.2, 0) is 10.0 Å². The third-order valence-corrected chi connectivity index (χ3v) is 5.58. The second-order valence-electron chi connectivity index (χ2n) is 5.60. The number of likely N-dealkylation sites (tertiary alicyclic amines) is 1. The molecule has 1 aliphatic carbocycles. The average molecular weight is 300 g/mol. The monoisotopic (exact) mass is 300 g/mol. The molecule has 2 N–H and O–H groups in total.